The van der Waals surface area contributed by atoms with Gasteiger partial charge in [-0.15, -0.1) is 0 Å². The Bertz CT molecular complexity index is 414. The predicted molar refractivity (Wildman–Crippen MR) is 78.7 cm³/mol. The SMILES string of the molecule is CCNc1ccc(Cl)c(CN2CCCC(OC)C2)n1. The maximum absolute atomic E-state index is 6.24. The van der Waals surface area contributed by atoms with Gasteiger partial charge >= 0.3 is 0 Å². The minimum atomic E-state index is 0.337. The summed E-state index contributed by atoms with van der Waals surface area (Å²) in [6, 6.07) is 3.84. The molecule has 2 heterocycles. The molecule has 1 saturated heterocycles. The summed E-state index contributed by atoms with van der Waals surface area (Å²) < 4.78 is 5.44. The maximum atomic E-state index is 6.24. The Balaban J connectivity index is 2.03. The highest BCUT2D eigenvalue weighted by Gasteiger charge is 2.20. The molecular weight excluding hydrogens is 262 g/mol. The molecule has 5 heteroatoms. The van der Waals surface area contributed by atoms with Gasteiger partial charge in [-0.3, -0.25) is 4.90 Å². The minimum Gasteiger partial charge on any atom is -0.380 e. The molecule has 1 aromatic heterocycles. The van der Waals surface area contributed by atoms with E-state index >= 15 is 0 Å². The van der Waals surface area contributed by atoms with Crippen molar-refractivity contribution in [2.45, 2.75) is 32.4 Å². The Kier molecular flexibility index (Phi) is 5.43. The van der Waals surface area contributed by atoms with Crippen LogP contribution in [0.5, 0.6) is 0 Å². The Labute approximate surface area is 120 Å². The van der Waals surface area contributed by atoms with Crippen molar-refractivity contribution in [2.75, 3.05) is 32.1 Å². The third kappa shape index (κ3) is 4.06. The summed E-state index contributed by atoms with van der Waals surface area (Å²) in [7, 11) is 1.78. The molecule has 0 bridgehead atoms. The number of anilines is 1. The molecule has 0 radical (unpaired) electrons. The van der Waals surface area contributed by atoms with E-state index in [1.54, 1.807) is 7.11 Å². The molecule has 2 rings (SSSR count). The fourth-order valence-electron chi connectivity index (χ4n) is 2.44. The largest absolute Gasteiger partial charge is 0.380 e. The molecule has 0 aliphatic carbocycles. The molecule has 1 fully saturated rings. The summed E-state index contributed by atoms with van der Waals surface area (Å²) >= 11 is 6.24. The van der Waals surface area contributed by atoms with Crippen LogP contribution >= 0.6 is 11.6 Å². The summed E-state index contributed by atoms with van der Waals surface area (Å²) in [4.78, 5) is 6.94. The molecule has 1 atom stereocenters. The van der Waals surface area contributed by atoms with E-state index in [0.717, 1.165) is 49.1 Å². The molecule has 1 aliphatic heterocycles. The highest BCUT2D eigenvalue weighted by Crippen LogP contribution is 2.21. The van der Waals surface area contributed by atoms with Crippen molar-refractivity contribution in [3.8, 4) is 0 Å². The van der Waals surface area contributed by atoms with E-state index in [1.807, 2.05) is 12.1 Å². The fraction of sp³-hybridized carbons (Fsp3) is 0.643. The first-order chi connectivity index (χ1) is 9.22. The standard InChI is InChI=1S/C14H22ClN3O/c1-3-16-14-7-6-12(15)13(17-14)10-18-8-4-5-11(9-18)19-2/h6-7,11H,3-5,8-10H2,1-2H3,(H,16,17). The van der Waals surface area contributed by atoms with Crippen LogP contribution in [-0.2, 0) is 11.3 Å². The van der Waals surface area contributed by atoms with Crippen molar-refractivity contribution in [1.82, 2.24) is 9.88 Å². The Morgan fingerprint density at radius 1 is 1.53 bits per heavy atom. The number of ether oxygens (including phenoxy) is 1. The summed E-state index contributed by atoms with van der Waals surface area (Å²) in [6.45, 7) is 5.76. The highest BCUT2D eigenvalue weighted by molar-refractivity contribution is 6.31. The average molecular weight is 284 g/mol. The fourth-order valence-corrected chi connectivity index (χ4v) is 2.60. The van der Waals surface area contributed by atoms with Crippen LogP contribution < -0.4 is 5.32 Å². The second kappa shape index (κ2) is 7.08. The van der Waals surface area contributed by atoms with Crippen molar-refractivity contribution in [3.05, 3.63) is 22.8 Å². The van der Waals surface area contributed by atoms with Gasteiger partial charge in [0.25, 0.3) is 0 Å². The number of nitrogens with one attached hydrogen (secondary N) is 1. The smallest absolute Gasteiger partial charge is 0.126 e. The molecule has 19 heavy (non-hydrogen) atoms. The monoisotopic (exact) mass is 283 g/mol. The number of pyridine rings is 1. The van der Waals surface area contributed by atoms with E-state index in [1.165, 1.54) is 6.42 Å². The van der Waals surface area contributed by atoms with Crippen LogP contribution in [0, 0.1) is 0 Å². The van der Waals surface area contributed by atoms with E-state index in [2.05, 4.69) is 22.1 Å². The summed E-state index contributed by atoms with van der Waals surface area (Å²) in [6.07, 6.45) is 2.65. The van der Waals surface area contributed by atoms with Gasteiger partial charge in [0.1, 0.15) is 5.82 Å². The molecule has 0 spiro atoms. The lowest BCUT2D eigenvalue weighted by molar-refractivity contribution is 0.0281. The number of rotatable bonds is 5. The van der Waals surface area contributed by atoms with Gasteiger partial charge in [-0.05, 0) is 38.4 Å². The first-order valence-electron chi connectivity index (χ1n) is 6.87. The van der Waals surface area contributed by atoms with Gasteiger partial charge in [0, 0.05) is 26.7 Å². The Morgan fingerprint density at radius 3 is 3.11 bits per heavy atom. The van der Waals surface area contributed by atoms with E-state index in [9.17, 15) is 0 Å². The van der Waals surface area contributed by atoms with Crippen molar-refractivity contribution >= 4 is 17.4 Å². The number of likely N-dealkylation sites (tertiary alicyclic amines) is 1. The average Bonchev–Trinajstić information content (AvgIpc) is 2.43. The second-order valence-electron chi connectivity index (χ2n) is 4.89. The first kappa shape index (κ1) is 14.6. The third-order valence-corrected chi connectivity index (χ3v) is 3.79. The number of hydrogen-bond donors (Lipinski definition) is 1. The lowest BCUT2D eigenvalue weighted by Gasteiger charge is -2.31. The molecule has 1 N–H and O–H groups in total. The van der Waals surface area contributed by atoms with Crippen molar-refractivity contribution in [3.63, 3.8) is 0 Å². The lowest BCUT2D eigenvalue weighted by Crippen LogP contribution is -2.38. The number of aromatic nitrogens is 1. The summed E-state index contributed by atoms with van der Waals surface area (Å²) in [5, 5.41) is 3.96. The van der Waals surface area contributed by atoms with E-state index in [0.29, 0.717) is 6.10 Å². The summed E-state index contributed by atoms with van der Waals surface area (Å²) in [5.41, 5.74) is 0.942. The number of hydrogen-bond acceptors (Lipinski definition) is 4. The van der Waals surface area contributed by atoms with Crippen LogP contribution in [0.4, 0.5) is 5.82 Å². The molecule has 1 aliphatic rings. The first-order valence-corrected chi connectivity index (χ1v) is 7.25. The second-order valence-corrected chi connectivity index (χ2v) is 5.30. The van der Waals surface area contributed by atoms with Gasteiger partial charge in [-0.25, -0.2) is 4.98 Å². The molecule has 106 valence electrons. The zero-order valence-corrected chi connectivity index (χ0v) is 12.4. The number of halogens is 1. The van der Waals surface area contributed by atoms with Gasteiger partial charge < -0.3 is 10.1 Å². The quantitative estimate of drug-likeness (QED) is 0.902. The minimum absolute atomic E-state index is 0.337. The number of piperidine rings is 1. The molecule has 1 aromatic rings. The van der Waals surface area contributed by atoms with Crippen LogP contribution in [0.2, 0.25) is 5.02 Å². The van der Waals surface area contributed by atoms with Gasteiger partial charge in [0.05, 0.1) is 16.8 Å². The Hall–Kier alpha value is -0.840. The number of nitrogens with zero attached hydrogens (tertiary/aromatic N) is 2. The zero-order chi connectivity index (χ0) is 13.7. The molecular formula is C14H22ClN3O. The molecule has 1 unspecified atom stereocenters. The predicted octanol–water partition coefficient (Wildman–Crippen LogP) is 2.78. The van der Waals surface area contributed by atoms with Crippen molar-refractivity contribution < 1.29 is 4.74 Å². The number of methoxy groups -OCH3 is 1. The lowest BCUT2D eigenvalue weighted by atomic mass is 10.1. The normalized spacial score (nSPS) is 20.5. The van der Waals surface area contributed by atoms with E-state index in [4.69, 9.17) is 16.3 Å². The summed E-state index contributed by atoms with van der Waals surface area (Å²) in [5.74, 6) is 0.891. The van der Waals surface area contributed by atoms with Crippen LogP contribution in [0.3, 0.4) is 0 Å². The maximum Gasteiger partial charge on any atom is 0.126 e. The van der Waals surface area contributed by atoms with Crippen LogP contribution in [-0.4, -0.2) is 42.7 Å². The van der Waals surface area contributed by atoms with Crippen LogP contribution in [0.25, 0.3) is 0 Å². The highest BCUT2D eigenvalue weighted by atomic mass is 35.5. The Morgan fingerprint density at radius 2 is 2.37 bits per heavy atom. The molecule has 4 nitrogen and oxygen atoms in total. The topological polar surface area (TPSA) is 37.4 Å². The van der Waals surface area contributed by atoms with Gasteiger partial charge in [-0.2, -0.15) is 0 Å². The molecule has 0 amide bonds. The van der Waals surface area contributed by atoms with Crippen molar-refractivity contribution in [1.29, 1.82) is 0 Å². The third-order valence-electron chi connectivity index (χ3n) is 3.45. The van der Waals surface area contributed by atoms with Crippen LogP contribution in [0.1, 0.15) is 25.5 Å². The van der Waals surface area contributed by atoms with E-state index in [-0.39, 0.29) is 0 Å². The molecule has 0 saturated carbocycles. The molecule has 0 aromatic carbocycles. The van der Waals surface area contributed by atoms with E-state index < -0.39 is 0 Å². The van der Waals surface area contributed by atoms with Gasteiger partial charge in [0.15, 0.2) is 0 Å². The zero-order valence-electron chi connectivity index (χ0n) is 11.7. The van der Waals surface area contributed by atoms with Crippen LogP contribution in [0.15, 0.2) is 12.1 Å². The van der Waals surface area contributed by atoms with Gasteiger partial charge in [0.2, 0.25) is 0 Å². The van der Waals surface area contributed by atoms with Gasteiger partial charge in [-0.1, -0.05) is 11.6 Å². The van der Waals surface area contributed by atoms with Crippen molar-refractivity contribution in [2.24, 2.45) is 0 Å².